The summed E-state index contributed by atoms with van der Waals surface area (Å²) < 4.78 is 0. The van der Waals surface area contributed by atoms with E-state index in [-0.39, 0.29) is 0 Å². The standard InChI is InChI=1S/C6H11O3/c1-4(7)3-6(9)5(2)8/h3-5,7-8H,1-2H3. The van der Waals surface area contributed by atoms with Gasteiger partial charge in [-0.3, -0.25) is 5.11 Å². The SMILES string of the molecule is CC(O)C=C([O])C(C)O. The minimum atomic E-state index is -1.00. The van der Waals surface area contributed by atoms with Gasteiger partial charge in [0.25, 0.3) is 0 Å². The van der Waals surface area contributed by atoms with Crippen molar-refractivity contribution in [3.63, 3.8) is 0 Å². The fourth-order valence-corrected chi connectivity index (χ4v) is 0.377. The van der Waals surface area contributed by atoms with Crippen molar-refractivity contribution in [2.45, 2.75) is 26.1 Å². The van der Waals surface area contributed by atoms with Crippen LogP contribution >= 0.6 is 0 Å². The van der Waals surface area contributed by atoms with E-state index >= 15 is 0 Å². The zero-order chi connectivity index (χ0) is 7.44. The Morgan fingerprint density at radius 1 is 1.44 bits per heavy atom. The summed E-state index contributed by atoms with van der Waals surface area (Å²) in [6, 6.07) is 0. The molecule has 3 heteroatoms. The first-order valence-electron chi connectivity index (χ1n) is 2.79. The topological polar surface area (TPSA) is 60.4 Å². The van der Waals surface area contributed by atoms with E-state index in [1.165, 1.54) is 13.8 Å². The van der Waals surface area contributed by atoms with Gasteiger partial charge in [-0.25, -0.2) is 0 Å². The number of hydrogen-bond acceptors (Lipinski definition) is 2. The predicted octanol–water partition coefficient (Wildman–Crippen LogP) is 0.0624. The first-order chi connectivity index (χ1) is 4.04. The number of aliphatic hydroxyl groups is 2. The maximum atomic E-state index is 10.5. The third-order valence-corrected chi connectivity index (χ3v) is 0.817. The maximum Gasteiger partial charge on any atom is 0.182 e. The van der Waals surface area contributed by atoms with Crippen LogP contribution in [-0.2, 0) is 5.11 Å². The molecular weight excluding hydrogens is 120 g/mol. The van der Waals surface area contributed by atoms with Gasteiger partial charge in [-0.05, 0) is 19.9 Å². The second kappa shape index (κ2) is 3.48. The third kappa shape index (κ3) is 4.00. The van der Waals surface area contributed by atoms with E-state index in [1.54, 1.807) is 0 Å². The average Bonchev–Trinajstić information content (AvgIpc) is 1.63. The molecule has 0 saturated heterocycles. The van der Waals surface area contributed by atoms with Crippen LogP contribution < -0.4 is 0 Å². The minimum Gasteiger partial charge on any atom is -0.389 e. The molecule has 0 heterocycles. The molecule has 0 spiro atoms. The van der Waals surface area contributed by atoms with Crippen LogP contribution in [0.25, 0.3) is 0 Å². The summed E-state index contributed by atoms with van der Waals surface area (Å²) in [5.74, 6) is -0.440. The van der Waals surface area contributed by atoms with Crippen LogP contribution in [0.15, 0.2) is 11.8 Å². The molecule has 0 aromatic carbocycles. The summed E-state index contributed by atoms with van der Waals surface area (Å²) >= 11 is 0. The van der Waals surface area contributed by atoms with E-state index in [0.29, 0.717) is 0 Å². The second-order valence-electron chi connectivity index (χ2n) is 1.99. The lowest BCUT2D eigenvalue weighted by Gasteiger charge is -1.99. The molecule has 1 radical (unpaired) electrons. The molecule has 0 fully saturated rings. The highest BCUT2D eigenvalue weighted by molar-refractivity contribution is 4.98. The Morgan fingerprint density at radius 3 is 2.00 bits per heavy atom. The zero-order valence-corrected chi connectivity index (χ0v) is 5.53. The fourth-order valence-electron chi connectivity index (χ4n) is 0.377. The summed E-state index contributed by atoms with van der Waals surface area (Å²) in [4.78, 5) is 0. The van der Waals surface area contributed by atoms with Gasteiger partial charge in [0.1, 0.15) is 6.10 Å². The van der Waals surface area contributed by atoms with Crippen molar-refractivity contribution in [3.05, 3.63) is 11.8 Å². The normalized spacial score (nSPS) is 19.3. The van der Waals surface area contributed by atoms with Crippen molar-refractivity contribution in [1.29, 1.82) is 0 Å². The first kappa shape index (κ1) is 8.46. The van der Waals surface area contributed by atoms with Gasteiger partial charge in [-0.2, -0.15) is 0 Å². The highest BCUT2D eigenvalue weighted by Gasteiger charge is 2.04. The largest absolute Gasteiger partial charge is 0.389 e. The van der Waals surface area contributed by atoms with Crippen molar-refractivity contribution in [1.82, 2.24) is 0 Å². The summed E-state index contributed by atoms with van der Waals surface area (Å²) in [6.45, 7) is 2.82. The van der Waals surface area contributed by atoms with Crippen LogP contribution in [0.2, 0.25) is 0 Å². The van der Waals surface area contributed by atoms with E-state index in [9.17, 15) is 5.11 Å². The third-order valence-electron chi connectivity index (χ3n) is 0.817. The summed E-state index contributed by atoms with van der Waals surface area (Å²) in [6.07, 6.45) is -0.698. The summed E-state index contributed by atoms with van der Waals surface area (Å²) in [7, 11) is 0. The molecule has 9 heavy (non-hydrogen) atoms. The van der Waals surface area contributed by atoms with Gasteiger partial charge in [-0.15, -0.1) is 0 Å². The molecule has 2 atom stereocenters. The van der Waals surface area contributed by atoms with Gasteiger partial charge in [0.05, 0.1) is 6.10 Å². The van der Waals surface area contributed by atoms with Crippen molar-refractivity contribution in [2.75, 3.05) is 0 Å². The van der Waals surface area contributed by atoms with Gasteiger partial charge in [-0.1, -0.05) is 0 Å². The number of aliphatic hydroxyl groups excluding tert-OH is 2. The molecule has 0 rings (SSSR count). The van der Waals surface area contributed by atoms with Gasteiger partial charge in [0.15, 0.2) is 5.76 Å². The molecule has 2 N–H and O–H groups in total. The summed E-state index contributed by atoms with van der Waals surface area (Å²) in [5, 5.41) is 27.6. The Kier molecular flexibility index (Phi) is 3.27. The summed E-state index contributed by atoms with van der Waals surface area (Å²) in [5.41, 5.74) is 0. The Balaban J connectivity index is 3.84. The predicted molar refractivity (Wildman–Crippen MR) is 32.1 cm³/mol. The molecule has 0 bridgehead atoms. The highest BCUT2D eigenvalue weighted by Crippen LogP contribution is 1.98. The minimum absolute atomic E-state index is 0.440. The van der Waals surface area contributed by atoms with Crippen LogP contribution in [0, 0.1) is 0 Å². The van der Waals surface area contributed by atoms with E-state index in [0.717, 1.165) is 6.08 Å². The van der Waals surface area contributed by atoms with Crippen LogP contribution in [-0.4, -0.2) is 22.4 Å². The monoisotopic (exact) mass is 131 g/mol. The van der Waals surface area contributed by atoms with E-state index < -0.39 is 18.0 Å². The maximum absolute atomic E-state index is 10.5. The molecule has 2 unspecified atom stereocenters. The van der Waals surface area contributed by atoms with Crippen molar-refractivity contribution < 1.29 is 15.3 Å². The average molecular weight is 131 g/mol. The van der Waals surface area contributed by atoms with Crippen molar-refractivity contribution in [3.8, 4) is 0 Å². The number of rotatable bonds is 2. The van der Waals surface area contributed by atoms with Crippen molar-refractivity contribution in [2.24, 2.45) is 0 Å². The lowest BCUT2D eigenvalue weighted by molar-refractivity contribution is 0.129. The molecule has 0 aromatic rings. The van der Waals surface area contributed by atoms with Crippen LogP contribution in [0.3, 0.4) is 0 Å². The molecular formula is C6H11O3. The van der Waals surface area contributed by atoms with Crippen LogP contribution in [0.1, 0.15) is 13.8 Å². The van der Waals surface area contributed by atoms with Gasteiger partial charge in [0, 0.05) is 0 Å². The Bertz CT molecular complexity index is 105. The fraction of sp³-hybridized carbons (Fsp3) is 0.667. The zero-order valence-electron chi connectivity index (χ0n) is 5.53. The molecule has 0 aromatic heterocycles. The van der Waals surface area contributed by atoms with E-state index in [1.807, 2.05) is 0 Å². The molecule has 0 aliphatic rings. The van der Waals surface area contributed by atoms with Crippen molar-refractivity contribution >= 4 is 0 Å². The second-order valence-corrected chi connectivity index (χ2v) is 1.99. The van der Waals surface area contributed by atoms with Gasteiger partial charge >= 0.3 is 0 Å². The van der Waals surface area contributed by atoms with Gasteiger partial charge in [0.2, 0.25) is 0 Å². The number of hydrogen-bond donors (Lipinski definition) is 2. The molecule has 3 nitrogen and oxygen atoms in total. The first-order valence-corrected chi connectivity index (χ1v) is 2.79. The molecule has 0 amide bonds. The van der Waals surface area contributed by atoms with Gasteiger partial charge < -0.3 is 10.2 Å². The quantitative estimate of drug-likeness (QED) is 0.521. The Labute approximate surface area is 54.3 Å². The highest BCUT2D eigenvalue weighted by atomic mass is 16.3. The lowest BCUT2D eigenvalue weighted by atomic mass is 10.2. The lowest BCUT2D eigenvalue weighted by Crippen LogP contribution is -2.06. The molecule has 0 aliphatic carbocycles. The molecule has 0 aliphatic heterocycles. The van der Waals surface area contributed by atoms with E-state index in [2.05, 4.69) is 0 Å². The smallest absolute Gasteiger partial charge is 0.182 e. The van der Waals surface area contributed by atoms with Crippen LogP contribution in [0.5, 0.6) is 0 Å². The Hall–Kier alpha value is -0.540. The van der Waals surface area contributed by atoms with Crippen LogP contribution in [0.4, 0.5) is 0 Å². The van der Waals surface area contributed by atoms with E-state index in [4.69, 9.17) is 10.2 Å². The Morgan fingerprint density at radius 2 is 1.89 bits per heavy atom. The molecule has 53 valence electrons. The molecule has 0 saturated carbocycles.